The van der Waals surface area contributed by atoms with E-state index in [-0.39, 0.29) is 12.4 Å². The zero-order valence-corrected chi connectivity index (χ0v) is 18.0. The molecule has 1 aliphatic heterocycles. The van der Waals surface area contributed by atoms with Crippen LogP contribution >= 0.6 is 0 Å². The minimum absolute atomic E-state index is 0.0668. The first-order chi connectivity index (χ1) is 14.5. The first kappa shape index (κ1) is 22.1. The van der Waals surface area contributed by atoms with Crippen LogP contribution in [0.25, 0.3) is 0 Å². The number of ether oxygens (including phenoxy) is 2. The highest BCUT2D eigenvalue weighted by Gasteiger charge is 2.30. The summed E-state index contributed by atoms with van der Waals surface area (Å²) in [6.45, 7) is 5.53. The topological polar surface area (TPSA) is 75.7 Å². The predicted molar refractivity (Wildman–Crippen MR) is 118 cm³/mol. The van der Waals surface area contributed by atoms with Gasteiger partial charge >= 0.3 is 0 Å². The number of aliphatic hydroxyl groups excluding tert-OH is 1. The standard InChI is InChI=1S/C24H32N2O4/c1-17-6-4-7-18(2)26(17)15-21(27)16-30-22-12-10-20(11-13-22)25-14-19-8-5-9-23(29-3)24(19)28/h5,8-14,17-18,21,27-28H,4,6-7,15-16H2,1-3H3/p+1/t17-,18+,21-/m0/s1. The van der Waals surface area contributed by atoms with Crippen LogP contribution in [0, 0.1) is 0 Å². The number of nitrogens with zero attached hydrogens (tertiary/aromatic N) is 1. The van der Waals surface area contributed by atoms with E-state index in [2.05, 4.69) is 18.8 Å². The van der Waals surface area contributed by atoms with Crippen LogP contribution in [0.1, 0.15) is 38.7 Å². The van der Waals surface area contributed by atoms with E-state index >= 15 is 0 Å². The molecule has 0 aliphatic carbocycles. The quantitative estimate of drug-likeness (QED) is 0.582. The lowest BCUT2D eigenvalue weighted by molar-refractivity contribution is -0.954. The number of methoxy groups -OCH3 is 1. The molecule has 162 valence electrons. The molecule has 1 aliphatic rings. The fourth-order valence-corrected chi connectivity index (χ4v) is 4.09. The van der Waals surface area contributed by atoms with Gasteiger partial charge in [-0.1, -0.05) is 6.07 Å². The van der Waals surface area contributed by atoms with E-state index in [0.29, 0.717) is 29.1 Å². The highest BCUT2D eigenvalue weighted by Crippen LogP contribution is 2.28. The zero-order chi connectivity index (χ0) is 21.5. The second-order valence-corrected chi connectivity index (χ2v) is 8.13. The van der Waals surface area contributed by atoms with Gasteiger partial charge in [-0.15, -0.1) is 0 Å². The molecule has 6 heteroatoms. The summed E-state index contributed by atoms with van der Waals surface area (Å²) in [5.74, 6) is 1.18. The number of aliphatic hydroxyl groups is 1. The smallest absolute Gasteiger partial charge is 0.166 e. The van der Waals surface area contributed by atoms with Gasteiger partial charge in [0.15, 0.2) is 11.5 Å². The summed E-state index contributed by atoms with van der Waals surface area (Å²) in [5.41, 5.74) is 1.33. The number of hydrogen-bond acceptors (Lipinski definition) is 5. The molecule has 0 bridgehead atoms. The van der Waals surface area contributed by atoms with Gasteiger partial charge in [-0.25, -0.2) is 0 Å². The first-order valence-corrected chi connectivity index (χ1v) is 10.6. The molecule has 2 aromatic rings. The van der Waals surface area contributed by atoms with Crippen LogP contribution in [-0.2, 0) is 0 Å². The van der Waals surface area contributed by atoms with Crippen molar-refractivity contribution in [1.82, 2.24) is 0 Å². The molecule has 30 heavy (non-hydrogen) atoms. The Morgan fingerprint density at radius 3 is 2.50 bits per heavy atom. The molecule has 0 amide bonds. The summed E-state index contributed by atoms with van der Waals surface area (Å²) in [5, 5.41) is 20.6. The van der Waals surface area contributed by atoms with Gasteiger partial charge in [0.2, 0.25) is 0 Å². The predicted octanol–water partition coefficient (Wildman–Crippen LogP) is 2.74. The van der Waals surface area contributed by atoms with Crippen LogP contribution in [0.4, 0.5) is 5.69 Å². The Morgan fingerprint density at radius 1 is 1.13 bits per heavy atom. The molecular weight excluding hydrogens is 380 g/mol. The van der Waals surface area contributed by atoms with E-state index in [1.807, 2.05) is 24.3 Å². The summed E-state index contributed by atoms with van der Waals surface area (Å²) in [6, 6.07) is 13.8. The van der Waals surface area contributed by atoms with Gasteiger partial charge in [0.25, 0.3) is 0 Å². The summed E-state index contributed by atoms with van der Waals surface area (Å²) in [4.78, 5) is 5.87. The molecule has 2 aromatic carbocycles. The number of likely N-dealkylation sites (tertiary alicyclic amines) is 1. The van der Waals surface area contributed by atoms with Crippen LogP contribution in [0.15, 0.2) is 47.5 Å². The van der Waals surface area contributed by atoms with Crippen molar-refractivity contribution in [3.8, 4) is 17.2 Å². The van der Waals surface area contributed by atoms with Crippen molar-refractivity contribution >= 4 is 11.9 Å². The number of aliphatic imine (C=N–C) groups is 1. The number of quaternary nitrogens is 1. The molecule has 0 saturated carbocycles. The van der Waals surface area contributed by atoms with Crippen molar-refractivity contribution in [2.24, 2.45) is 4.99 Å². The van der Waals surface area contributed by atoms with E-state index in [4.69, 9.17) is 9.47 Å². The fourth-order valence-electron chi connectivity index (χ4n) is 4.09. The van der Waals surface area contributed by atoms with Crippen molar-refractivity contribution < 1.29 is 24.6 Å². The molecule has 0 radical (unpaired) electrons. The molecule has 1 heterocycles. The van der Waals surface area contributed by atoms with Crippen LogP contribution in [0.2, 0.25) is 0 Å². The SMILES string of the molecule is COc1cccc(C=Nc2ccc(OC[C@@H](O)C[NH+]3[C@H](C)CCC[C@@H]3C)cc2)c1O. The highest BCUT2D eigenvalue weighted by atomic mass is 16.5. The third-order valence-corrected chi connectivity index (χ3v) is 5.89. The van der Waals surface area contributed by atoms with Crippen molar-refractivity contribution in [1.29, 1.82) is 0 Å². The number of para-hydroxylation sites is 1. The maximum atomic E-state index is 10.4. The molecule has 1 saturated heterocycles. The van der Waals surface area contributed by atoms with Crippen molar-refractivity contribution in [2.75, 3.05) is 20.3 Å². The third-order valence-electron chi connectivity index (χ3n) is 5.89. The normalized spacial score (nSPS) is 22.7. The number of benzene rings is 2. The van der Waals surface area contributed by atoms with E-state index in [0.717, 1.165) is 12.2 Å². The molecule has 3 N–H and O–H groups in total. The molecule has 1 fully saturated rings. The minimum atomic E-state index is -0.489. The van der Waals surface area contributed by atoms with Gasteiger partial charge in [-0.3, -0.25) is 4.99 Å². The van der Waals surface area contributed by atoms with Crippen LogP contribution in [0.5, 0.6) is 17.2 Å². The molecule has 3 rings (SSSR count). The highest BCUT2D eigenvalue weighted by molar-refractivity contribution is 5.86. The second-order valence-electron chi connectivity index (χ2n) is 8.13. The van der Waals surface area contributed by atoms with Gasteiger partial charge < -0.3 is 24.6 Å². The van der Waals surface area contributed by atoms with Crippen LogP contribution in [-0.4, -0.2) is 54.9 Å². The average molecular weight is 414 g/mol. The Morgan fingerprint density at radius 2 is 1.83 bits per heavy atom. The Balaban J connectivity index is 1.52. The lowest BCUT2D eigenvalue weighted by Gasteiger charge is -2.36. The largest absolute Gasteiger partial charge is 0.504 e. The van der Waals surface area contributed by atoms with E-state index in [9.17, 15) is 10.2 Å². The Labute approximate surface area is 178 Å². The van der Waals surface area contributed by atoms with E-state index < -0.39 is 6.10 Å². The molecule has 0 spiro atoms. The zero-order valence-electron chi connectivity index (χ0n) is 18.0. The number of piperidine rings is 1. The lowest BCUT2D eigenvalue weighted by atomic mass is 9.97. The second kappa shape index (κ2) is 10.5. The fraction of sp³-hybridized carbons (Fsp3) is 0.458. The monoisotopic (exact) mass is 413 g/mol. The molecular formula is C24H33N2O4+. The number of phenolic OH excluding ortho intramolecular Hbond substituents is 1. The van der Waals surface area contributed by atoms with Gasteiger partial charge in [-0.2, -0.15) is 0 Å². The molecule has 6 nitrogen and oxygen atoms in total. The van der Waals surface area contributed by atoms with E-state index in [1.54, 1.807) is 24.4 Å². The summed E-state index contributed by atoms with van der Waals surface area (Å²) < 4.78 is 10.9. The maximum Gasteiger partial charge on any atom is 0.166 e. The van der Waals surface area contributed by atoms with Crippen LogP contribution < -0.4 is 14.4 Å². The average Bonchev–Trinajstić information content (AvgIpc) is 2.75. The lowest BCUT2D eigenvalue weighted by Crippen LogP contribution is -3.20. The van der Waals surface area contributed by atoms with Crippen molar-refractivity contribution in [3.63, 3.8) is 0 Å². The van der Waals surface area contributed by atoms with Gasteiger partial charge in [0.1, 0.15) is 25.0 Å². The van der Waals surface area contributed by atoms with Crippen molar-refractivity contribution in [2.45, 2.75) is 51.3 Å². The number of rotatable bonds is 8. The summed E-state index contributed by atoms with van der Waals surface area (Å²) in [7, 11) is 1.51. The number of nitrogens with one attached hydrogen (secondary N) is 1. The minimum Gasteiger partial charge on any atom is -0.504 e. The van der Waals surface area contributed by atoms with Crippen molar-refractivity contribution in [3.05, 3.63) is 48.0 Å². The molecule has 4 atom stereocenters. The third kappa shape index (κ3) is 5.74. The van der Waals surface area contributed by atoms with Gasteiger partial charge in [0.05, 0.1) is 24.9 Å². The van der Waals surface area contributed by atoms with E-state index in [1.165, 1.54) is 31.3 Å². The number of hydrogen-bond donors (Lipinski definition) is 3. The Kier molecular flexibility index (Phi) is 7.71. The van der Waals surface area contributed by atoms with Gasteiger partial charge in [-0.05, 0) is 69.5 Å². The molecule has 1 unspecified atom stereocenters. The number of aromatic hydroxyl groups is 1. The number of phenols is 1. The Hall–Kier alpha value is -2.57. The maximum absolute atomic E-state index is 10.4. The summed E-state index contributed by atoms with van der Waals surface area (Å²) >= 11 is 0. The Bertz CT molecular complexity index is 828. The van der Waals surface area contributed by atoms with Gasteiger partial charge in [0, 0.05) is 11.8 Å². The van der Waals surface area contributed by atoms with Crippen LogP contribution in [0.3, 0.4) is 0 Å². The first-order valence-electron chi connectivity index (χ1n) is 10.6. The molecule has 0 aromatic heterocycles. The summed E-state index contributed by atoms with van der Waals surface area (Å²) in [6.07, 6.45) is 4.84.